The van der Waals surface area contributed by atoms with E-state index in [0.717, 1.165) is 28.1 Å². The molecule has 0 atom stereocenters. The average molecular weight is 434 g/mol. The zero-order valence-corrected chi connectivity index (χ0v) is 18.1. The first-order valence-electron chi connectivity index (χ1n) is 9.78. The summed E-state index contributed by atoms with van der Waals surface area (Å²) < 4.78 is 35.9. The number of nitrogens with zero attached hydrogens (tertiary/aromatic N) is 2. The van der Waals surface area contributed by atoms with Gasteiger partial charge in [0.25, 0.3) is 0 Å². The molecular formula is C24H23N3O3S. The van der Waals surface area contributed by atoms with E-state index in [1.165, 1.54) is 0 Å². The number of hydrogen-bond donors (Lipinski definition) is 1. The molecule has 3 aromatic carbocycles. The summed E-state index contributed by atoms with van der Waals surface area (Å²) in [7, 11) is -2.09. The molecule has 0 unspecified atom stereocenters. The molecule has 1 heterocycles. The minimum atomic E-state index is -3.64. The first-order valence-corrected chi connectivity index (χ1v) is 11.4. The molecule has 0 bridgehead atoms. The highest BCUT2D eigenvalue weighted by Crippen LogP contribution is 2.29. The number of imidazole rings is 1. The third-order valence-corrected chi connectivity index (χ3v) is 6.13. The molecule has 1 aromatic heterocycles. The maximum Gasteiger partial charge on any atom is 0.236 e. The van der Waals surface area contributed by atoms with E-state index in [4.69, 9.17) is 4.74 Å². The molecule has 158 valence electrons. The lowest BCUT2D eigenvalue weighted by Gasteiger charge is -2.14. The Morgan fingerprint density at radius 1 is 1.00 bits per heavy atom. The third kappa shape index (κ3) is 4.78. The molecule has 0 fully saturated rings. The van der Waals surface area contributed by atoms with Gasteiger partial charge in [-0.15, -0.1) is 0 Å². The van der Waals surface area contributed by atoms with Crippen LogP contribution in [0.15, 0.2) is 85.3 Å². The molecule has 0 spiro atoms. The minimum absolute atomic E-state index is 0.136. The van der Waals surface area contributed by atoms with Crippen LogP contribution >= 0.6 is 0 Å². The predicted octanol–water partition coefficient (Wildman–Crippen LogP) is 4.80. The molecular weight excluding hydrogens is 410 g/mol. The lowest BCUT2D eigenvalue weighted by molar-refractivity contribution is 0.413. The maximum absolute atomic E-state index is 12.9. The molecule has 0 aliphatic heterocycles. The van der Waals surface area contributed by atoms with Gasteiger partial charge < -0.3 is 9.30 Å². The number of anilines is 1. The van der Waals surface area contributed by atoms with Crippen LogP contribution in [0.3, 0.4) is 0 Å². The predicted molar refractivity (Wildman–Crippen MR) is 123 cm³/mol. The first kappa shape index (κ1) is 20.7. The van der Waals surface area contributed by atoms with E-state index in [0.29, 0.717) is 11.4 Å². The molecule has 0 amide bonds. The molecule has 0 saturated carbocycles. The van der Waals surface area contributed by atoms with Crippen molar-refractivity contribution in [1.82, 2.24) is 9.55 Å². The maximum atomic E-state index is 12.9. The summed E-state index contributed by atoms with van der Waals surface area (Å²) in [6.45, 7) is 1.90. The molecule has 6 nitrogen and oxygen atoms in total. The highest BCUT2D eigenvalue weighted by molar-refractivity contribution is 7.91. The zero-order chi connectivity index (χ0) is 21.8. The van der Waals surface area contributed by atoms with Gasteiger partial charge in [-0.05, 0) is 35.7 Å². The normalized spacial score (nSPS) is 11.3. The Morgan fingerprint density at radius 2 is 1.74 bits per heavy atom. The van der Waals surface area contributed by atoms with Crippen molar-refractivity contribution >= 4 is 15.7 Å². The second-order valence-corrected chi connectivity index (χ2v) is 8.92. The zero-order valence-electron chi connectivity index (χ0n) is 17.3. The monoisotopic (exact) mass is 433 g/mol. The van der Waals surface area contributed by atoms with Crippen LogP contribution in [0.25, 0.3) is 16.8 Å². The fourth-order valence-electron chi connectivity index (χ4n) is 3.47. The number of methoxy groups -OCH3 is 1. The van der Waals surface area contributed by atoms with E-state index in [1.807, 2.05) is 72.3 Å². The largest absolute Gasteiger partial charge is 0.494 e. The molecule has 0 aliphatic carbocycles. The van der Waals surface area contributed by atoms with Crippen molar-refractivity contribution in [2.75, 3.05) is 11.8 Å². The van der Waals surface area contributed by atoms with Crippen molar-refractivity contribution in [3.8, 4) is 22.6 Å². The van der Waals surface area contributed by atoms with E-state index in [-0.39, 0.29) is 5.75 Å². The number of ether oxygens (including phenoxy) is 1. The molecule has 7 heteroatoms. The molecule has 4 rings (SSSR count). The quantitative estimate of drug-likeness (QED) is 0.454. The lowest BCUT2D eigenvalue weighted by atomic mass is 10.0. The van der Waals surface area contributed by atoms with Gasteiger partial charge in [0.05, 0.1) is 36.3 Å². The van der Waals surface area contributed by atoms with Crippen LogP contribution in [0.1, 0.15) is 11.3 Å². The Hall–Kier alpha value is -3.58. The molecule has 0 aliphatic rings. The Bertz CT molecular complexity index is 1300. The van der Waals surface area contributed by atoms with Gasteiger partial charge in [-0.2, -0.15) is 0 Å². The number of sulfonamides is 1. The van der Waals surface area contributed by atoms with Gasteiger partial charge in [0.2, 0.25) is 10.0 Å². The highest BCUT2D eigenvalue weighted by atomic mass is 32.2. The van der Waals surface area contributed by atoms with Crippen LogP contribution in [0, 0.1) is 6.92 Å². The summed E-state index contributed by atoms with van der Waals surface area (Å²) in [4.78, 5) is 4.23. The van der Waals surface area contributed by atoms with Crippen LogP contribution in [0.5, 0.6) is 5.75 Å². The molecule has 0 radical (unpaired) electrons. The van der Waals surface area contributed by atoms with Gasteiger partial charge in [0.1, 0.15) is 5.75 Å². The summed E-state index contributed by atoms with van der Waals surface area (Å²) in [5.74, 6) is 0.408. The van der Waals surface area contributed by atoms with Crippen LogP contribution in [0.4, 0.5) is 5.69 Å². The van der Waals surface area contributed by atoms with Crippen molar-refractivity contribution < 1.29 is 13.2 Å². The SMILES string of the molecule is COc1cc(NS(=O)(=O)Cc2ccccc2-c2ccccc2)ccc1-n1cnc(C)c1. The first-order chi connectivity index (χ1) is 14.9. The smallest absolute Gasteiger partial charge is 0.236 e. The van der Waals surface area contributed by atoms with Gasteiger partial charge in [-0.1, -0.05) is 54.6 Å². The Labute approximate surface area is 182 Å². The van der Waals surface area contributed by atoms with Crippen molar-refractivity contribution in [1.29, 1.82) is 0 Å². The Kier molecular flexibility index (Phi) is 5.77. The van der Waals surface area contributed by atoms with Crippen LogP contribution in [0.2, 0.25) is 0 Å². The van der Waals surface area contributed by atoms with E-state index in [2.05, 4.69) is 9.71 Å². The lowest BCUT2D eigenvalue weighted by Crippen LogP contribution is -2.15. The van der Waals surface area contributed by atoms with Gasteiger partial charge in [0.15, 0.2) is 0 Å². The van der Waals surface area contributed by atoms with E-state index < -0.39 is 10.0 Å². The summed E-state index contributed by atoms with van der Waals surface area (Å²) in [6.07, 6.45) is 3.57. The van der Waals surface area contributed by atoms with Gasteiger partial charge in [0, 0.05) is 12.3 Å². The summed E-state index contributed by atoms with van der Waals surface area (Å²) in [6, 6.07) is 22.5. The number of aryl methyl sites for hydroxylation is 1. The van der Waals surface area contributed by atoms with E-state index in [9.17, 15) is 8.42 Å². The standard InChI is InChI=1S/C24H23N3O3S/c1-18-15-27(17-25-18)23-13-12-21(14-24(23)30-2)26-31(28,29)16-20-10-6-7-11-22(20)19-8-4-3-5-9-19/h3-15,17,26H,16H2,1-2H3. The number of aromatic nitrogens is 2. The van der Waals surface area contributed by atoms with E-state index >= 15 is 0 Å². The number of nitrogens with one attached hydrogen (secondary N) is 1. The van der Waals surface area contributed by atoms with Crippen molar-refractivity contribution in [2.24, 2.45) is 0 Å². The van der Waals surface area contributed by atoms with Crippen molar-refractivity contribution in [3.63, 3.8) is 0 Å². The van der Waals surface area contributed by atoms with Gasteiger partial charge >= 0.3 is 0 Å². The van der Waals surface area contributed by atoms with Crippen molar-refractivity contribution in [3.05, 3.63) is 96.6 Å². The molecule has 31 heavy (non-hydrogen) atoms. The van der Waals surface area contributed by atoms with Crippen LogP contribution in [-0.4, -0.2) is 25.1 Å². The van der Waals surface area contributed by atoms with Gasteiger partial charge in [-0.3, -0.25) is 4.72 Å². The molecule has 0 saturated heterocycles. The minimum Gasteiger partial charge on any atom is -0.494 e. The van der Waals surface area contributed by atoms with Crippen LogP contribution < -0.4 is 9.46 Å². The fraction of sp³-hybridized carbons (Fsp3) is 0.125. The summed E-state index contributed by atoms with van der Waals surface area (Å²) in [5, 5.41) is 0. The highest BCUT2D eigenvalue weighted by Gasteiger charge is 2.16. The van der Waals surface area contributed by atoms with E-state index in [1.54, 1.807) is 31.6 Å². The van der Waals surface area contributed by atoms with Crippen LogP contribution in [-0.2, 0) is 15.8 Å². The second-order valence-electron chi connectivity index (χ2n) is 7.19. The van der Waals surface area contributed by atoms with Crippen molar-refractivity contribution in [2.45, 2.75) is 12.7 Å². The van der Waals surface area contributed by atoms with Gasteiger partial charge in [-0.25, -0.2) is 13.4 Å². The Balaban J connectivity index is 1.59. The number of rotatable bonds is 7. The number of hydrogen-bond acceptors (Lipinski definition) is 4. The molecule has 1 N–H and O–H groups in total. The molecule has 4 aromatic rings. The summed E-state index contributed by atoms with van der Waals surface area (Å²) >= 11 is 0. The number of benzene rings is 3. The summed E-state index contributed by atoms with van der Waals surface area (Å²) in [5.41, 5.74) is 4.71. The second kappa shape index (κ2) is 8.65. The third-order valence-electron chi connectivity index (χ3n) is 4.89. The fourth-order valence-corrected chi connectivity index (χ4v) is 4.69. The topological polar surface area (TPSA) is 73.2 Å². The Morgan fingerprint density at radius 3 is 2.45 bits per heavy atom. The average Bonchev–Trinajstić information content (AvgIpc) is 3.20.